The van der Waals surface area contributed by atoms with Crippen molar-refractivity contribution in [2.45, 2.75) is 6.42 Å². The summed E-state index contributed by atoms with van der Waals surface area (Å²) in [6.07, 6.45) is 2.77. The molecule has 0 aliphatic rings. The summed E-state index contributed by atoms with van der Waals surface area (Å²) >= 11 is 5.84. The molecule has 0 spiro atoms. The lowest BCUT2D eigenvalue weighted by molar-refractivity contribution is -0.115. The van der Waals surface area contributed by atoms with E-state index in [0.29, 0.717) is 5.02 Å². The molecule has 1 aromatic heterocycles. The van der Waals surface area contributed by atoms with Gasteiger partial charge in [-0.25, -0.2) is 4.79 Å². The van der Waals surface area contributed by atoms with E-state index in [1.165, 1.54) is 18.5 Å². The fourth-order valence-corrected chi connectivity index (χ4v) is 1.92. The number of hydrogen-bond donors (Lipinski definition) is 2. The van der Waals surface area contributed by atoms with Gasteiger partial charge in [-0.3, -0.25) is 9.78 Å². The molecule has 0 aliphatic heterocycles. The number of hydrogen-bond acceptors (Lipinski definition) is 3. The fourth-order valence-electron chi connectivity index (χ4n) is 1.71. The zero-order valence-electron chi connectivity index (χ0n) is 10.3. The van der Waals surface area contributed by atoms with E-state index < -0.39 is 5.97 Å². The van der Waals surface area contributed by atoms with Crippen LogP contribution in [0.3, 0.4) is 0 Å². The van der Waals surface area contributed by atoms with Crippen molar-refractivity contribution in [2.24, 2.45) is 0 Å². The molecule has 102 valence electrons. The number of anilines is 1. The molecular formula is C14H11ClN2O3. The van der Waals surface area contributed by atoms with Gasteiger partial charge in [-0.1, -0.05) is 23.7 Å². The van der Waals surface area contributed by atoms with Crippen molar-refractivity contribution >= 4 is 29.2 Å². The van der Waals surface area contributed by atoms with E-state index in [1.807, 2.05) is 0 Å². The van der Waals surface area contributed by atoms with Crippen LogP contribution in [-0.4, -0.2) is 22.0 Å². The van der Waals surface area contributed by atoms with Gasteiger partial charge >= 0.3 is 5.97 Å². The first kappa shape index (κ1) is 14.0. The standard InChI is InChI=1S/C14H11ClN2O3/c15-10-3-1-2-9(6-10)7-13(18)17-12-8-16-5-4-11(12)14(19)20/h1-6,8H,7H2,(H,17,18)(H,19,20). The van der Waals surface area contributed by atoms with E-state index in [2.05, 4.69) is 10.3 Å². The number of aromatic nitrogens is 1. The average Bonchev–Trinajstić information content (AvgIpc) is 2.38. The molecule has 2 aromatic rings. The summed E-state index contributed by atoms with van der Waals surface area (Å²) in [5.74, 6) is -1.45. The maximum atomic E-state index is 11.9. The van der Waals surface area contributed by atoms with Crippen molar-refractivity contribution in [1.82, 2.24) is 4.98 Å². The van der Waals surface area contributed by atoms with Crippen molar-refractivity contribution < 1.29 is 14.7 Å². The number of aromatic carboxylic acids is 1. The number of nitrogens with zero attached hydrogens (tertiary/aromatic N) is 1. The number of amides is 1. The van der Waals surface area contributed by atoms with Gasteiger partial charge in [0.05, 0.1) is 23.9 Å². The number of nitrogens with one attached hydrogen (secondary N) is 1. The van der Waals surface area contributed by atoms with Crippen LogP contribution < -0.4 is 5.32 Å². The molecule has 20 heavy (non-hydrogen) atoms. The van der Waals surface area contributed by atoms with Crippen LogP contribution in [-0.2, 0) is 11.2 Å². The van der Waals surface area contributed by atoms with Crippen LogP contribution in [0.2, 0.25) is 5.02 Å². The van der Waals surface area contributed by atoms with Crippen LogP contribution >= 0.6 is 11.6 Å². The molecule has 0 saturated carbocycles. The van der Waals surface area contributed by atoms with Gasteiger partial charge in [-0.15, -0.1) is 0 Å². The second-order valence-corrected chi connectivity index (χ2v) is 4.52. The zero-order valence-corrected chi connectivity index (χ0v) is 11.1. The molecule has 0 saturated heterocycles. The van der Waals surface area contributed by atoms with E-state index in [0.717, 1.165) is 5.56 Å². The summed E-state index contributed by atoms with van der Waals surface area (Å²) in [6, 6.07) is 8.25. The molecule has 2 rings (SSSR count). The van der Waals surface area contributed by atoms with Crippen LogP contribution in [0.4, 0.5) is 5.69 Å². The van der Waals surface area contributed by atoms with Gasteiger partial charge in [0.15, 0.2) is 0 Å². The summed E-state index contributed by atoms with van der Waals surface area (Å²) in [6.45, 7) is 0. The molecule has 0 fully saturated rings. The largest absolute Gasteiger partial charge is 0.478 e. The summed E-state index contributed by atoms with van der Waals surface area (Å²) < 4.78 is 0. The molecule has 1 amide bonds. The predicted molar refractivity (Wildman–Crippen MR) is 75.0 cm³/mol. The Kier molecular flexibility index (Phi) is 4.32. The van der Waals surface area contributed by atoms with Crippen LogP contribution in [0, 0.1) is 0 Å². The normalized spacial score (nSPS) is 10.1. The van der Waals surface area contributed by atoms with Crippen LogP contribution in [0.25, 0.3) is 0 Å². The van der Waals surface area contributed by atoms with Gasteiger partial charge in [0.1, 0.15) is 0 Å². The van der Waals surface area contributed by atoms with Gasteiger partial charge in [-0.2, -0.15) is 0 Å². The number of carbonyl (C=O) groups is 2. The highest BCUT2D eigenvalue weighted by Crippen LogP contribution is 2.15. The number of carboxylic acids is 1. The van der Waals surface area contributed by atoms with Crippen molar-refractivity contribution in [3.8, 4) is 0 Å². The molecule has 2 N–H and O–H groups in total. The molecule has 5 nitrogen and oxygen atoms in total. The highest BCUT2D eigenvalue weighted by atomic mass is 35.5. The number of benzene rings is 1. The molecule has 0 atom stereocenters. The smallest absolute Gasteiger partial charge is 0.337 e. The molecule has 0 bridgehead atoms. The van der Waals surface area contributed by atoms with Crippen LogP contribution in [0.1, 0.15) is 15.9 Å². The molecule has 1 heterocycles. The lowest BCUT2D eigenvalue weighted by Crippen LogP contribution is -2.17. The Bertz CT molecular complexity index is 658. The minimum atomic E-state index is -1.12. The lowest BCUT2D eigenvalue weighted by Gasteiger charge is -2.07. The first-order chi connectivity index (χ1) is 9.56. The summed E-state index contributed by atoms with van der Waals surface area (Å²) in [5.41, 5.74) is 0.919. The Morgan fingerprint density at radius 3 is 2.80 bits per heavy atom. The maximum Gasteiger partial charge on any atom is 0.337 e. The first-order valence-electron chi connectivity index (χ1n) is 5.78. The molecule has 6 heteroatoms. The van der Waals surface area contributed by atoms with Crippen molar-refractivity contribution in [1.29, 1.82) is 0 Å². The van der Waals surface area contributed by atoms with Gasteiger partial charge in [0.25, 0.3) is 0 Å². The topological polar surface area (TPSA) is 79.3 Å². The van der Waals surface area contributed by atoms with Gasteiger partial charge < -0.3 is 10.4 Å². The SMILES string of the molecule is O=C(Cc1cccc(Cl)c1)Nc1cnccc1C(=O)O. The van der Waals surface area contributed by atoms with Crippen molar-refractivity contribution in [2.75, 3.05) is 5.32 Å². The number of carbonyl (C=O) groups excluding carboxylic acids is 1. The Morgan fingerprint density at radius 2 is 2.10 bits per heavy atom. The predicted octanol–water partition coefficient (Wildman–Crippen LogP) is 2.61. The minimum Gasteiger partial charge on any atom is -0.478 e. The van der Waals surface area contributed by atoms with Gasteiger partial charge in [0.2, 0.25) is 5.91 Å². The molecular weight excluding hydrogens is 280 g/mol. The first-order valence-corrected chi connectivity index (χ1v) is 6.15. The van der Waals surface area contributed by atoms with Gasteiger partial charge in [0, 0.05) is 11.2 Å². The Balaban J connectivity index is 2.11. The maximum absolute atomic E-state index is 11.9. The third-order valence-electron chi connectivity index (χ3n) is 2.58. The number of pyridine rings is 1. The molecule has 0 unspecified atom stereocenters. The van der Waals surface area contributed by atoms with Gasteiger partial charge in [-0.05, 0) is 23.8 Å². The highest BCUT2D eigenvalue weighted by molar-refractivity contribution is 6.30. The van der Waals surface area contributed by atoms with E-state index >= 15 is 0 Å². The van der Waals surface area contributed by atoms with Crippen molar-refractivity contribution in [3.63, 3.8) is 0 Å². The lowest BCUT2D eigenvalue weighted by atomic mass is 10.1. The number of rotatable bonds is 4. The minimum absolute atomic E-state index is 0.000515. The Hall–Kier alpha value is -2.40. The number of halogens is 1. The quantitative estimate of drug-likeness (QED) is 0.907. The fraction of sp³-hybridized carbons (Fsp3) is 0.0714. The molecule has 0 radical (unpaired) electrons. The molecule has 1 aromatic carbocycles. The Morgan fingerprint density at radius 1 is 1.30 bits per heavy atom. The Labute approximate surface area is 120 Å². The van der Waals surface area contributed by atoms with E-state index in [1.54, 1.807) is 24.3 Å². The van der Waals surface area contributed by atoms with Crippen LogP contribution in [0.15, 0.2) is 42.7 Å². The summed E-state index contributed by atoms with van der Waals surface area (Å²) in [7, 11) is 0. The van der Waals surface area contributed by atoms with Crippen LogP contribution in [0.5, 0.6) is 0 Å². The van der Waals surface area contributed by atoms with Crippen molar-refractivity contribution in [3.05, 3.63) is 58.9 Å². The third-order valence-corrected chi connectivity index (χ3v) is 2.81. The second-order valence-electron chi connectivity index (χ2n) is 4.08. The zero-order chi connectivity index (χ0) is 14.5. The van der Waals surface area contributed by atoms with E-state index in [9.17, 15) is 9.59 Å². The third kappa shape index (κ3) is 3.55. The summed E-state index contributed by atoms with van der Waals surface area (Å²) in [5, 5.41) is 12.1. The summed E-state index contributed by atoms with van der Waals surface area (Å²) in [4.78, 5) is 26.7. The van der Waals surface area contributed by atoms with E-state index in [-0.39, 0.29) is 23.6 Å². The molecule has 0 aliphatic carbocycles. The average molecular weight is 291 g/mol. The number of carboxylic acid groups (broad SMARTS) is 1. The monoisotopic (exact) mass is 290 g/mol. The second kappa shape index (κ2) is 6.16. The highest BCUT2D eigenvalue weighted by Gasteiger charge is 2.12. The van der Waals surface area contributed by atoms with E-state index in [4.69, 9.17) is 16.7 Å².